The number of nitrogens with one attached hydrogen (secondary N) is 1. The van der Waals surface area contributed by atoms with Gasteiger partial charge in [-0.15, -0.1) is 0 Å². The molecule has 0 saturated heterocycles. The molecule has 5 heteroatoms. The molecule has 0 atom stereocenters. The largest absolute Gasteiger partial charge is 0.452 e. The Labute approximate surface area is 177 Å². The third kappa shape index (κ3) is 4.35. The first-order valence-electron chi connectivity index (χ1n) is 10.5. The standard InChI is InChI=1S/C25H28N2O3/c1-5-17-11-10-12-18(6-2)24(17)27-22(28)15-30-25(29)23-16(4)19-13-8-9-14-21(19)26-20(23)7-3/h8-14H,5-7,15H2,1-4H3,(H,27,28). The van der Waals surface area contributed by atoms with Crippen LogP contribution in [0.15, 0.2) is 42.5 Å². The zero-order chi connectivity index (χ0) is 21.7. The summed E-state index contributed by atoms with van der Waals surface area (Å²) >= 11 is 0. The lowest BCUT2D eigenvalue weighted by molar-refractivity contribution is -0.119. The Morgan fingerprint density at radius 2 is 1.60 bits per heavy atom. The monoisotopic (exact) mass is 404 g/mol. The molecule has 1 N–H and O–H groups in total. The number of para-hydroxylation sites is 2. The number of ether oxygens (including phenoxy) is 1. The van der Waals surface area contributed by atoms with Crippen LogP contribution >= 0.6 is 0 Å². The third-order valence-corrected chi connectivity index (χ3v) is 5.36. The Bertz CT molecular complexity index is 1070. The van der Waals surface area contributed by atoms with E-state index in [0.29, 0.717) is 17.7 Å². The molecule has 3 rings (SSSR count). The molecule has 0 aliphatic rings. The molecule has 0 unspecified atom stereocenters. The lowest BCUT2D eigenvalue weighted by Gasteiger charge is -2.15. The van der Waals surface area contributed by atoms with Crippen LogP contribution in [0, 0.1) is 6.92 Å². The van der Waals surface area contributed by atoms with Gasteiger partial charge >= 0.3 is 5.97 Å². The van der Waals surface area contributed by atoms with Crippen molar-refractivity contribution in [2.24, 2.45) is 0 Å². The van der Waals surface area contributed by atoms with Crippen LogP contribution in [-0.4, -0.2) is 23.5 Å². The van der Waals surface area contributed by atoms with Crippen LogP contribution in [0.2, 0.25) is 0 Å². The molecule has 2 aromatic carbocycles. The summed E-state index contributed by atoms with van der Waals surface area (Å²) in [6.45, 7) is 7.60. The normalized spacial score (nSPS) is 10.8. The molecular formula is C25H28N2O3. The van der Waals surface area contributed by atoms with Gasteiger partial charge in [-0.2, -0.15) is 0 Å². The first-order valence-corrected chi connectivity index (χ1v) is 10.5. The Hall–Kier alpha value is -3.21. The predicted molar refractivity (Wildman–Crippen MR) is 120 cm³/mol. The highest BCUT2D eigenvalue weighted by Crippen LogP contribution is 2.25. The van der Waals surface area contributed by atoms with Crippen molar-refractivity contribution >= 4 is 28.5 Å². The number of esters is 1. The fraction of sp³-hybridized carbons (Fsp3) is 0.320. The summed E-state index contributed by atoms with van der Waals surface area (Å²) in [6.07, 6.45) is 2.22. The molecule has 1 aromatic heterocycles. The van der Waals surface area contributed by atoms with E-state index < -0.39 is 5.97 Å². The van der Waals surface area contributed by atoms with E-state index in [1.54, 1.807) is 0 Å². The minimum Gasteiger partial charge on any atom is -0.452 e. The summed E-state index contributed by atoms with van der Waals surface area (Å²) in [4.78, 5) is 30.0. The molecule has 1 amide bonds. The predicted octanol–water partition coefficient (Wildman–Crippen LogP) is 5.03. The molecule has 5 nitrogen and oxygen atoms in total. The van der Waals surface area contributed by atoms with Crippen LogP contribution < -0.4 is 5.32 Å². The van der Waals surface area contributed by atoms with E-state index in [2.05, 4.69) is 10.3 Å². The molecule has 156 valence electrons. The number of fused-ring (bicyclic) bond motifs is 1. The second-order valence-corrected chi connectivity index (χ2v) is 7.21. The summed E-state index contributed by atoms with van der Waals surface area (Å²) in [7, 11) is 0. The molecule has 3 aromatic rings. The van der Waals surface area contributed by atoms with Gasteiger partial charge in [0.25, 0.3) is 5.91 Å². The van der Waals surface area contributed by atoms with Crippen LogP contribution in [-0.2, 0) is 28.8 Å². The van der Waals surface area contributed by atoms with Crippen molar-refractivity contribution in [3.63, 3.8) is 0 Å². The first kappa shape index (κ1) is 21.5. The number of aromatic nitrogens is 1. The van der Waals surface area contributed by atoms with Gasteiger partial charge in [0.05, 0.1) is 16.8 Å². The van der Waals surface area contributed by atoms with Crippen LogP contribution in [0.4, 0.5) is 5.69 Å². The van der Waals surface area contributed by atoms with Gasteiger partial charge in [0, 0.05) is 11.1 Å². The maximum Gasteiger partial charge on any atom is 0.340 e. The van der Waals surface area contributed by atoms with E-state index in [9.17, 15) is 9.59 Å². The van der Waals surface area contributed by atoms with E-state index in [0.717, 1.165) is 46.1 Å². The number of benzene rings is 2. The fourth-order valence-electron chi connectivity index (χ4n) is 3.75. The van der Waals surface area contributed by atoms with Crippen molar-refractivity contribution in [1.29, 1.82) is 0 Å². The number of aryl methyl sites for hydroxylation is 4. The lowest BCUT2D eigenvalue weighted by Crippen LogP contribution is -2.23. The second kappa shape index (κ2) is 9.53. The van der Waals surface area contributed by atoms with Gasteiger partial charge in [0.2, 0.25) is 0 Å². The van der Waals surface area contributed by atoms with Gasteiger partial charge in [0.1, 0.15) is 0 Å². The highest BCUT2D eigenvalue weighted by molar-refractivity contribution is 6.00. The van der Waals surface area contributed by atoms with E-state index in [-0.39, 0.29) is 12.5 Å². The van der Waals surface area contributed by atoms with E-state index in [4.69, 9.17) is 4.74 Å². The molecule has 1 heterocycles. The second-order valence-electron chi connectivity index (χ2n) is 7.21. The number of carbonyl (C=O) groups excluding carboxylic acids is 2. The van der Waals surface area contributed by atoms with Gasteiger partial charge in [-0.1, -0.05) is 57.2 Å². The van der Waals surface area contributed by atoms with Crippen molar-refractivity contribution in [2.45, 2.75) is 47.0 Å². The molecular weight excluding hydrogens is 376 g/mol. The van der Waals surface area contributed by atoms with Crippen molar-refractivity contribution < 1.29 is 14.3 Å². The van der Waals surface area contributed by atoms with Crippen molar-refractivity contribution in [3.8, 4) is 0 Å². The van der Waals surface area contributed by atoms with Crippen LogP contribution in [0.1, 0.15) is 53.5 Å². The number of hydrogen-bond donors (Lipinski definition) is 1. The number of rotatable bonds is 7. The maximum atomic E-state index is 12.8. The van der Waals surface area contributed by atoms with Crippen molar-refractivity contribution in [1.82, 2.24) is 4.98 Å². The molecule has 0 aliphatic heterocycles. The van der Waals surface area contributed by atoms with Gasteiger partial charge in [-0.25, -0.2) is 4.79 Å². The quantitative estimate of drug-likeness (QED) is 0.561. The van der Waals surface area contributed by atoms with Crippen molar-refractivity contribution in [2.75, 3.05) is 11.9 Å². The number of anilines is 1. The maximum absolute atomic E-state index is 12.8. The SMILES string of the molecule is CCc1cccc(CC)c1NC(=O)COC(=O)c1c(CC)nc2ccccc2c1C. The minimum atomic E-state index is -0.516. The van der Waals surface area contributed by atoms with Crippen molar-refractivity contribution in [3.05, 3.63) is 70.4 Å². The van der Waals surface area contributed by atoms with Gasteiger partial charge in [-0.05, 0) is 48.9 Å². The first-order chi connectivity index (χ1) is 14.5. The van der Waals surface area contributed by atoms with Gasteiger partial charge in [-0.3, -0.25) is 9.78 Å². The molecule has 0 spiro atoms. The number of carbonyl (C=O) groups is 2. The summed E-state index contributed by atoms with van der Waals surface area (Å²) in [5, 5.41) is 3.84. The van der Waals surface area contributed by atoms with Gasteiger partial charge < -0.3 is 10.1 Å². The van der Waals surface area contributed by atoms with Crippen LogP contribution in [0.3, 0.4) is 0 Å². The zero-order valence-corrected chi connectivity index (χ0v) is 18.0. The lowest BCUT2D eigenvalue weighted by atomic mass is 10.0. The fourth-order valence-corrected chi connectivity index (χ4v) is 3.75. The highest BCUT2D eigenvalue weighted by atomic mass is 16.5. The highest BCUT2D eigenvalue weighted by Gasteiger charge is 2.20. The summed E-state index contributed by atoms with van der Waals surface area (Å²) in [5.74, 6) is -0.861. The Kier molecular flexibility index (Phi) is 6.83. The summed E-state index contributed by atoms with van der Waals surface area (Å²) < 4.78 is 5.39. The van der Waals surface area contributed by atoms with E-state index >= 15 is 0 Å². The topological polar surface area (TPSA) is 68.3 Å². The molecule has 0 radical (unpaired) electrons. The molecule has 0 bridgehead atoms. The zero-order valence-electron chi connectivity index (χ0n) is 18.0. The molecule has 0 fully saturated rings. The minimum absolute atomic E-state index is 0.338. The van der Waals surface area contributed by atoms with Crippen LogP contribution in [0.5, 0.6) is 0 Å². The summed E-state index contributed by atoms with van der Waals surface area (Å²) in [6, 6.07) is 13.7. The van der Waals surface area contributed by atoms with Gasteiger partial charge in [0.15, 0.2) is 6.61 Å². The number of hydrogen-bond acceptors (Lipinski definition) is 4. The number of amides is 1. The number of nitrogens with zero attached hydrogens (tertiary/aromatic N) is 1. The van der Waals surface area contributed by atoms with E-state index in [1.807, 2.05) is 70.2 Å². The molecule has 0 aliphatic carbocycles. The smallest absolute Gasteiger partial charge is 0.340 e. The molecule has 30 heavy (non-hydrogen) atoms. The van der Waals surface area contributed by atoms with E-state index in [1.165, 1.54) is 0 Å². The number of pyridine rings is 1. The average Bonchev–Trinajstić information content (AvgIpc) is 2.77. The third-order valence-electron chi connectivity index (χ3n) is 5.36. The Balaban J connectivity index is 1.78. The Morgan fingerprint density at radius 1 is 0.933 bits per heavy atom. The molecule has 0 saturated carbocycles. The Morgan fingerprint density at radius 3 is 2.23 bits per heavy atom. The average molecular weight is 405 g/mol. The summed E-state index contributed by atoms with van der Waals surface area (Å²) in [5.41, 5.74) is 5.76. The van der Waals surface area contributed by atoms with Crippen LogP contribution in [0.25, 0.3) is 10.9 Å².